The van der Waals surface area contributed by atoms with Gasteiger partial charge < -0.3 is 9.64 Å². The highest BCUT2D eigenvalue weighted by atomic mass is 16.6. The zero-order valence-electron chi connectivity index (χ0n) is 13.9. The van der Waals surface area contributed by atoms with Crippen LogP contribution in [0.2, 0.25) is 0 Å². The minimum atomic E-state index is -0.456. The van der Waals surface area contributed by atoms with Crippen molar-refractivity contribution < 1.29 is 9.66 Å². The third-order valence-electron chi connectivity index (χ3n) is 4.02. The third-order valence-corrected chi connectivity index (χ3v) is 4.02. The van der Waals surface area contributed by atoms with Crippen LogP contribution in [0.3, 0.4) is 0 Å². The van der Waals surface area contributed by atoms with Crippen molar-refractivity contribution in [2.75, 3.05) is 18.0 Å². The predicted octanol–water partition coefficient (Wildman–Crippen LogP) is 3.78. The molecule has 2 heterocycles. The number of hydrogen-bond acceptors (Lipinski definition) is 6. The third kappa shape index (κ3) is 3.45. The maximum atomic E-state index is 11.6. The molecule has 0 unspecified atom stereocenters. The molecule has 0 saturated carbocycles. The van der Waals surface area contributed by atoms with Crippen LogP contribution in [0.5, 0.6) is 11.6 Å². The van der Waals surface area contributed by atoms with E-state index in [1.807, 2.05) is 36.9 Å². The first-order valence-corrected chi connectivity index (χ1v) is 8.05. The van der Waals surface area contributed by atoms with Gasteiger partial charge in [0.05, 0.1) is 4.92 Å². The molecule has 1 aliphatic rings. The van der Waals surface area contributed by atoms with E-state index in [9.17, 15) is 10.1 Å². The van der Waals surface area contributed by atoms with E-state index >= 15 is 0 Å². The number of nitro groups is 1. The van der Waals surface area contributed by atoms with Gasteiger partial charge in [-0.15, -0.1) is 0 Å². The summed E-state index contributed by atoms with van der Waals surface area (Å²) >= 11 is 0. The molecule has 0 radical (unpaired) electrons. The Morgan fingerprint density at radius 2 is 1.75 bits per heavy atom. The lowest BCUT2D eigenvalue weighted by Crippen LogP contribution is -2.30. The Morgan fingerprint density at radius 1 is 1.08 bits per heavy atom. The van der Waals surface area contributed by atoms with Crippen LogP contribution in [-0.4, -0.2) is 28.0 Å². The minimum absolute atomic E-state index is 0.0134. The summed E-state index contributed by atoms with van der Waals surface area (Å²) < 4.78 is 5.74. The van der Waals surface area contributed by atoms with Crippen LogP contribution >= 0.6 is 0 Å². The number of anilines is 1. The van der Waals surface area contributed by atoms with Crippen molar-refractivity contribution in [3.05, 3.63) is 45.8 Å². The van der Waals surface area contributed by atoms with Crippen LogP contribution in [0.4, 0.5) is 11.5 Å². The maximum Gasteiger partial charge on any atom is 0.373 e. The molecule has 7 nitrogen and oxygen atoms in total. The van der Waals surface area contributed by atoms with E-state index < -0.39 is 4.92 Å². The molecule has 24 heavy (non-hydrogen) atoms. The van der Waals surface area contributed by atoms with Crippen molar-refractivity contribution in [3.8, 4) is 11.6 Å². The van der Waals surface area contributed by atoms with Crippen LogP contribution in [0.15, 0.2) is 24.5 Å². The molecule has 0 amide bonds. The van der Waals surface area contributed by atoms with Crippen LogP contribution in [0.1, 0.15) is 30.4 Å². The first-order valence-electron chi connectivity index (χ1n) is 8.05. The van der Waals surface area contributed by atoms with Gasteiger partial charge in [0.25, 0.3) is 0 Å². The molecule has 7 heteroatoms. The van der Waals surface area contributed by atoms with Crippen molar-refractivity contribution in [2.24, 2.45) is 0 Å². The highest BCUT2D eigenvalue weighted by Crippen LogP contribution is 2.37. The van der Waals surface area contributed by atoms with E-state index in [-0.39, 0.29) is 11.6 Å². The van der Waals surface area contributed by atoms with E-state index in [1.165, 1.54) is 6.33 Å². The molecule has 1 fully saturated rings. The number of hydrogen-bond donors (Lipinski definition) is 0. The number of rotatable bonds is 4. The van der Waals surface area contributed by atoms with Gasteiger partial charge in [-0.2, -0.15) is 4.98 Å². The maximum absolute atomic E-state index is 11.6. The molecule has 0 N–H and O–H groups in total. The lowest BCUT2D eigenvalue weighted by molar-refractivity contribution is -0.385. The Balaban J connectivity index is 1.99. The number of aryl methyl sites for hydroxylation is 2. The Bertz CT molecular complexity index is 737. The monoisotopic (exact) mass is 328 g/mol. The fourth-order valence-corrected chi connectivity index (χ4v) is 3.03. The minimum Gasteiger partial charge on any atom is -0.434 e. The second-order valence-corrected chi connectivity index (χ2v) is 6.08. The lowest BCUT2D eigenvalue weighted by atomic mass is 10.1. The normalized spacial score (nSPS) is 14.5. The molecule has 126 valence electrons. The standard InChI is InChI=1S/C17H20N4O3/c1-12-8-13(2)10-14(9-12)24-17-15(21(22)23)16(18-11-19-17)20-6-4-3-5-7-20/h8-11H,3-7H2,1-2H3. The largest absolute Gasteiger partial charge is 0.434 e. The summed E-state index contributed by atoms with van der Waals surface area (Å²) in [5.41, 5.74) is 1.88. The molecule has 1 aromatic heterocycles. The molecule has 0 atom stereocenters. The zero-order valence-corrected chi connectivity index (χ0v) is 13.9. The fourth-order valence-electron chi connectivity index (χ4n) is 3.03. The molecule has 0 aliphatic carbocycles. The Morgan fingerprint density at radius 3 is 2.38 bits per heavy atom. The predicted molar refractivity (Wildman–Crippen MR) is 90.7 cm³/mol. The summed E-state index contributed by atoms with van der Waals surface area (Å²) in [7, 11) is 0. The highest BCUT2D eigenvalue weighted by Gasteiger charge is 2.29. The highest BCUT2D eigenvalue weighted by molar-refractivity contribution is 5.63. The van der Waals surface area contributed by atoms with Gasteiger partial charge in [-0.05, 0) is 56.4 Å². The molecule has 0 spiro atoms. The second-order valence-electron chi connectivity index (χ2n) is 6.08. The molecule has 1 aliphatic heterocycles. The Kier molecular flexibility index (Phi) is 4.59. The first-order chi connectivity index (χ1) is 11.5. The summed E-state index contributed by atoms with van der Waals surface area (Å²) in [6.45, 7) is 5.43. The molecule has 1 aromatic carbocycles. The number of benzene rings is 1. The van der Waals surface area contributed by atoms with Gasteiger partial charge in [0.1, 0.15) is 12.1 Å². The summed E-state index contributed by atoms with van der Waals surface area (Å²) in [6.07, 6.45) is 4.49. The average Bonchev–Trinajstić information content (AvgIpc) is 2.54. The smallest absolute Gasteiger partial charge is 0.373 e. The summed E-state index contributed by atoms with van der Waals surface area (Å²) in [6, 6.07) is 5.68. The molecular formula is C17H20N4O3. The molecular weight excluding hydrogens is 308 g/mol. The molecule has 3 rings (SSSR count). The average molecular weight is 328 g/mol. The van der Waals surface area contributed by atoms with Crippen LogP contribution in [0, 0.1) is 24.0 Å². The van der Waals surface area contributed by atoms with Gasteiger partial charge in [0.15, 0.2) is 0 Å². The van der Waals surface area contributed by atoms with Crippen molar-refractivity contribution in [1.29, 1.82) is 0 Å². The van der Waals surface area contributed by atoms with Crippen LogP contribution < -0.4 is 9.64 Å². The van der Waals surface area contributed by atoms with Gasteiger partial charge >= 0.3 is 11.6 Å². The Labute approximate surface area is 140 Å². The number of nitrogens with zero attached hydrogens (tertiary/aromatic N) is 4. The van der Waals surface area contributed by atoms with Gasteiger partial charge in [-0.25, -0.2) is 4.98 Å². The summed E-state index contributed by atoms with van der Waals surface area (Å²) in [5, 5.41) is 11.6. The molecule has 1 saturated heterocycles. The first kappa shape index (κ1) is 16.2. The zero-order chi connectivity index (χ0) is 17.1. The van der Waals surface area contributed by atoms with Crippen LogP contribution in [-0.2, 0) is 0 Å². The molecule has 2 aromatic rings. The van der Waals surface area contributed by atoms with E-state index in [0.29, 0.717) is 11.6 Å². The summed E-state index contributed by atoms with van der Waals surface area (Å²) in [5.74, 6) is 0.869. The van der Waals surface area contributed by atoms with E-state index in [4.69, 9.17) is 4.74 Å². The lowest BCUT2D eigenvalue weighted by Gasteiger charge is -2.27. The van der Waals surface area contributed by atoms with Crippen molar-refractivity contribution in [1.82, 2.24) is 9.97 Å². The summed E-state index contributed by atoms with van der Waals surface area (Å²) in [4.78, 5) is 21.3. The van der Waals surface area contributed by atoms with Gasteiger partial charge in [-0.1, -0.05) is 6.07 Å². The fraction of sp³-hybridized carbons (Fsp3) is 0.412. The van der Waals surface area contributed by atoms with E-state index in [2.05, 4.69) is 9.97 Å². The van der Waals surface area contributed by atoms with E-state index in [1.54, 1.807) is 0 Å². The number of ether oxygens (including phenoxy) is 1. The van der Waals surface area contributed by atoms with Gasteiger partial charge in [0.2, 0.25) is 5.82 Å². The van der Waals surface area contributed by atoms with Crippen molar-refractivity contribution >= 4 is 11.5 Å². The van der Waals surface area contributed by atoms with Gasteiger partial charge in [-0.3, -0.25) is 10.1 Å². The molecule has 0 bridgehead atoms. The second kappa shape index (κ2) is 6.82. The Hall–Kier alpha value is -2.70. The van der Waals surface area contributed by atoms with Crippen LogP contribution in [0.25, 0.3) is 0 Å². The van der Waals surface area contributed by atoms with Crippen molar-refractivity contribution in [2.45, 2.75) is 33.1 Å². The van der Waals surface area contributed by atoms with Gasteiger partial charge in [0, 0.05) is 13.1 Å². The van der Waals surface area contributed by atoms with Crippen molar-refractivity contribution in [3.63, 3.8) is 0 Å². The SMILES string of the molecule is Cc1cc(C)cc(Oc2ncnc(N3CCCCC3)c2[N+](=O)[O-])c1. The quantitative estimate of drug-likeness (QED) is 0.627. The topological polar surface area (TPSA) is 81.4 Å². The van der Waals surface area contributed by atoms with E-state index in [0.717, 1.165) is 43.5 Å². The number of piperidine rings is 1. The number of aromatic nitrogens is 2.